The van der Waals surface area contributed by atoms with Crippen LogP contribution in [0.25, 0.3) is 0 Å². The summed E-state index contributed by atoms with van der Waals surface area (Å²) in [5.41, 5.74) is 2.33. The molecule has 0 unspecified atom stereocenters. The average molecular weight is 496 g/mol. The Morgan fingerprint density at radius 3 is 2.56 bits per heavy atom. The normalized spacial score (nSPS) is 22.3. The van der Waals surface area contributed by atoms with E-state index in [0.29, 0.717) is 36.4 Å². The average Bonchev–Trinajstić information content (AvgIpc) is 3.27. The first-order chi connectivity index (χ1) is 17.2. The van der Waals surface area contributed by atoms with Crippen LogP contribution in [0.3, 0.4) is 0 Å². The van der Waals surface area contributed by atoms with E-state index in [-0.39, 0.29) is 36.1 Å². The van der Waals surface area contributed by atoms with Crippen molar-refractivity contribution in [2.75, 3.05) is 18.9 Å². The second kappa shape index (κ2) is 12.6. The molecule has 3 N–H and O–H groups in total. The van der Waals surface area contributed by atoms with Crippen molar-refractivity contribution in [1.29, 1.82) is 0 Å². The lowest BCUT2D eigenvalue weighted by atomic mass is 9.98. The molecule has 2 heterocycles. The molecule has 0 aromatic heterocycles. The molecule has 1 aromatic rings. The number of anilines is 1. The van der Waals surface area contributed by atoms with Crippen LogP contribution in [0.5, 0.6) is 0 Å². The highest BCUT2D eigenvalue weighted by Crippen LogP contribution is 2.31. The molecule has 36 heavy (non-hydrogen) atoms. The van der Waals surface area contributed by atoms with Gasteiger partial charge in [-0.05, 0) is 57.2 Å². The molecule has 9 nitrogen and oxygen atoms in total. The summed E-state index contributed by atoms with van der Waals surface area (Å²) in [4.78, 5) is 56.5. The van der Waals surface area contributed by atoms with Crippen molar-refractivity contribution < 1.29 is 19.2 Å². The van der Waals surface area contributed by atoms with Crippen molar-refractivity contribution in [3.63, 3.8) is 0 Å². The van der Waals surface area contributed by atoms with Gasteiger partial charge in [-0.2, -0.15) is 0 Å². The van der Waals surface area contributed by atoms with E-state index in [0.717, 1.165) is 31.2 Å². The summed E-state index contributed by atoms with van der Waals surface area (Å²) in [7, 11) is 1.54. The molecule has 0 saturated carbocycles. The van der Waals surface area contributed by atoms with Gasteiger partial charge in [0.2, 0.25) is 5.91 Å². The third kappa shape index (κ3) is 6.87. The van der Waals surface area contributed by atoms with E-state index in [1.807, 2.05) is 18.2 Å². The molecule has 3 amide bonds. The fourth-order valence-corrected chi connectivity index (χ4v) is 4.79. The van der Waals surface area contributed by atoms with E-state index in [1.54, 1.807) is 31.9 Å². The van der Waals surface area contributed by atoms with E-state index in [9.17, 15) is 19.2 Å². The summed E-state index contributed by atoms with van der Waals surface area (Å²) in [6, 6.07) is 6.29. The van der Waals surface area contributed by atoms with Crippen LogP contribution in [-0.2, 0) is 25.7 Å². The van der Waals surface area contributed by atoms with Gasteiger partial charge in [0.1, 0.15) is 6.04 Å². The molecule has 9 heteroatoms. The van der Waals surface area contributed by atoms with Crippen LogP contribution in [0.15, 0.2) is 41.4 Å². The Bertz CT molecular complexity index is 1050. The maximum atomic E-state index is 13.5. The predicted octanol–water partition coefficient (Wildman–Crippen LogP) is 2.37. The van der Waals surface area contributed by atoms with Crippen molar-refractivity contribution in [2.24, 2.45) is 4.99 Å². The van der Waals surface area contributed by atoms with Gasteiger partial charge in [-0.3, -0.25) is 24.2 Å². The van der Waals surface area contributed by atoms with E-state index in [1.165, 1.54) is 0 Å². The SMILES string of the molecule is C=C(C)C(=O)Nc1cccc(CNCC(=O)[C@@H]2CC[C@@H]3CCCC[C@H](NC(=O)C(C)=NC)C(=O)N32)c1. The fraction of sp³-hybridized carbons (Fsp3) is 0.519. The Labute approximate surface area is 212 Å². The summed E-state index contributed by atoms with van der Waals surface area (Å²) in [5, 5.41) is 8.80. The van der Waals surface area contributed by atoms with Gasteiger partial charge in [-0.15, -0.1) is 0 Å². The zero-order valence-electron chi connectivity index (χ0n) is 21.4. The number of aliphatic imine (C=N–C) groups is 1. The maximum absolute atomic E-state index is 13.5. The standard InChI is InChI=1S/C27H37N5O4/c1-17(2)25(34)30-20-9-7-8-19(14-20)15-29-16-24(33)23-13-12-21-10-5-6-11-22(27(36)32(21)23)31-26(35)18(3)28-4/h7-9,14,21-23,29H,1,5-6,10-13,15-16H2,2-4H3,(H,30,34)(H,31,35)/t21-,22-,23-/m0/s1. The number of nitrogens with zero attached hydrogens (tertiary/aromatic N) is 2. The third-order valence-electron chi connectivity index (χ3n) is 6.88. The molecule has 0 aliphatic carbocycles. The Balaban J connectivity index is 1.61. The van der Waals surface area contributed by atoms with Crippen molar-refractivity contribution in [3.8, 4) is 0 Å². The molecule has 2 aliphatic rings. The number of carbonyl (C=O) groups excluding carboxylic acids is 4. The number of benzene rings is 1. The molecule has 2 aliphatic heterocycles. The molecule has 3 atom stereocenters. The van der Waals surface area contributed by atoms with E-state index in [4.69, 9.17) is 0 Å². The van der Waals surface area contributed by atoms with Crippen molar-refractivity contribution in [1.82, 2.24) is 15.5 Å². The summed E-state index contributed by atoms with van der Waals surface area (Å²) in [5.74, 6) is -0.794. The zero-order chi connectivity index (χ0) is 26.2. The molecule has 0 spiro atoms. The number of nitrogens with one attached hydrogen (secondary N) is 3. The molecular formula is C27H37N5O4. The lowest BCUT2D eigenvalue weighted by Gasteiger charge is -2.35. The van der Waals surface area contributed by atoms with Crippen molar-refractivity contribution >= 4 is 34.9 Å². The highest BCUT2D eigenvalue weighted by Gasteiger charge is 2.43. The molecular weight excluding hydrogens is 458 g/mol. The molecule has 194 valence electrons. The van der Waals surface area contributed by atoms with Crippen molar-refractivity contribution in [2.45, 2.75) is 77.0 Å². The summed E-state index contributed by atoms with van der Waals surface area (Å²) in [6.07, 6.45) is 4.68. The largest absolute Gasteiger partial charge is 0.339 e. The first-order valence-corrected chi connectivity index (χ1v) is 12.6. The van der Waals surface area contributed by atoms with Crippen LogP contribution in [0.1, 0.15) is 57.9 Å². The molecule has 2 fully saturated rings. The Morgan fingerprint density at radius 2 is 1.83 bits per heavy atom. The second-order valence-electron chi connectivity index (χ2n) is 9.62. The smallest absolute Gasteiger partial charge is 0.265 e. The minimum Gasteiger partial charge on any atom is -0.339 e. The lowest BCUT2D eigenvalue weighted by Crippen LogP contribution is -2.56. The maximum Gasteiger partial charge on any atom is 0.265 e. The number of ketones is 1. The summed E-state index contributed by atoms with van der Waals surface area (Å²) >= 11 is 0. The molecule has 0 radical (unpaired) electrons. The van der Waals surface area contributed by atoms with Crippen LogP contribution >= 0.6 is 0 Å². The number of hydrogen-bond donors (Lipinski definition) is 3. The predicted molar refractivity (Wildman–Crippen MR) is 140 cm³/mol. The van der Waals surface area contributed by atoms with Crippen LogP contribution in [0, 0.1) is 0 Å². The first kappa shape index (κ1) is 27.3. The quantitative estimate of drug-likeness (QED) is 0.359. The monoisotopic (exact) mass is 495 g/mol. The minimum atomic E-state index is -0.643. The van der Waals surface area contributed by atoms with Gasteiger partial charge in [-0.1, -0.05) is 31.6 Å². The molecule has 3 rings (SSSR count). The van der Waals surface area contributed by atoms with Crippen LogP contribution in [0.2, 0.25) is 0 Å². The van der Waals surface area contributed by atoms with Crippen LogP contribution in [0.4, 0.5) is 5.69 Å². The second-order valence-corrected chi connectivity index (χ2v) is 9.62. The third-order valence-corrected chi connectivity index (χ3v) is 6.88. The molecule has 1 aromatic carbocycles. The minimum absolute atomic E-state index is 0.0284. The van der Waals surface area contributed by atoms with Gasteiger partial charge >= 0.3 is 0 Å². The highest BCUT2D eigenvalue weighted by molar-refractivity contribution is 6.38. The Hall–Kier alpha value is -3.33. The summed E-state index contributed by atoms with van der Waals surface area (Å²) in [6.45, 7) is 7.47. The van der Waals surface area contributed by atoms with E-state index in [2.05, 4.69) is 27.5 Å². The number of fused-ring (bicyclic) bond motifs is 1. The van der Waals surface area contributed by atoms with Crippen LogP contribution in [-0.4, -0.2) is 65.8 Å². The van der Waals surface area contributed by atoms with Gasteiger partial charge in [0.05, 0.1) is 18.3 Å². The first-order valence-electron chi connectivity index (χ1n) is 12.6. The topological polar surface area (TPSA) is 120 Å². The number of hydrogen-bond acceptors (Lipinski definition) is 6. The van der Waals surface area contributed by atoms with E-state index < -0.39 is 12.1 Å². The fourth-order valence-electron chi connectivity index (χ4n) is 4.79. The van der Waals surface area contributed by atoms with Gasteiger partial charge in [0.25, 0.3) is 11.8 Å². The highest BCUT2D eigenvalue weighted by atomic mass is 16.2. The van der Waals surface area contributed by atoms with Crippen LogP contribution < -0.4 is 16.0 Å². The number of Topliss-reactive ketones (excluding diaryl/α,β-unsaturated/α-hetero) is 1. The Morgan fingerprint density at radius 1 is 1.08 bits per heavy atom. The van der Waals surface area contributed by atoms with E-state index >= 15 is 0 Å². The van der Waals surface area contributed by atoms with Gasteiger partial charge in [0, 0.05) is 30.9 Å². The Kier molecular flexibility index (Phi) is 9.52. The van der Waals surface area contributed by atoms with Crippen molar-refractivity contribution in [3.05, 3.63) is 42.0 Å². The number of carbonyl (C=O) groups is 4. The van der Waals surface area contributed by atoms with Gasteiger partial charge < -0.3 is 20.9 Å². The number of amides is 3. The zero-order valence-corrected chi connectivity index (χ0v) is 21.4. The molecule has 2 saturated heterocycles. The van der Waals surface area contributed by atoms with Gasteiger partial charge in [0.15, 0.2) is 5.78 Å². The van der Waals surface area contributed by atoms with Gasteiger partial charge in [-0.25, -0.2) is 0 Å². The number of rotatable bonds is 9. The summed E-state index contributed by atoms with van der Waals surface area (Å²) < 4.78 is 0. The molecule has 0 bridgehead atoms. The lowest BCUT2D eigenvalue weighted by molar-refractivity contribution is -0.143.